The maximum absolute atomic E-state index is 13.1. The number of nitrogens with zero attached hydrogens (tertiary/aromatic N) is 1. The van der Waals surface area contributed by atoms with E-state index in [4.69, 9.17) is 0 Å². The molecule has 19 heavy (non-hydrogen) atoms. The molecule has 0 aliphatic heterocycles. The van der Waals surface area contributed by atoms with E-state index in [1.807, 2.05) is 19.1 Å². The number of aromatic nitrogens is 1. The molecule has 0 bridgehead atoms. The van der Waals surface area contributed by atoms with Gasteiger partial charge in [-0.25, -0.2) is 4.39 Å². The number of nitrogens with one attached hydrogen (secondary N) is 1. The molecule has 1 N–H and O–H groups in total. The standard InChI is InChI=1S/C15H16BrFN2/c1-10(12-3-5-14(16)6-4-12)19-11(2)13-7-15(17)9-18-8-13/h3-11,19H,1-2H3. The average molecular weight is 323 g/mol. The van der Waals surface area contributed by atoms with Crippen LogP contribution in [0.1, 0.15) is 37.1 Å². The van der Waals surface area contributed by atoms with Crippen LogP contribution in [0.2, 0.25) is 0 Å². The van der Waals surface area contributed by atoms with Crippen LogP contribution in [0.15, 0.2) is 47.2 Å². The van der Waals surface area contributed by atoms with Crippen molar-refractivity contribution in [2.75, 3.05) is 0 Å². The van der Waals surface area contributed by atoms with Crippen molar-refractivity contribution < 1.29 is 4.39 Å². The molecule has 0 amide bonds. The van der Waals surface area contributed by atoms with Crippen LogP contribution in [-0.4, -0.2) is 4.98 Å². The third kappa shape index (κ3) is 3.85. The summed E-state index contributed by atoms with van der Waals surface area (Å²) in [7, 11) is 0. The van der Waals surface area contributed by atoms with E-state index >= 15 is 0 Å². The summed E-state index contributed by atoms with van der Waals surface area (Å²) in [6.45, 7) is 4.10. The fourth-order valence-corrected chi connectivity index (χ4v) is 2.25. The summed E-state index contributed by atoms with van der Waals surface area (Å²) in [5, 5.41) is 3.44. The monoisotopic (exact) mass is 322 g/mol. The van der Waals surface area contributed by atoms with Gasteiger partial charge in [0.1, 0.15) is 5.82 Å². The molecule has 0 aliphatic carbocycles. The smallest absolute Gasteiger partial charge is 0.141 e. The molecule has 0 saturated heterocycles. The van der Waals surface area contributed by atoms with Crippen LogP contribution in [0.25, 0.3) is 0 Å². The Labute approximate surface area is 121 Å². The average Bonchev–Trinajstić information content (AvgIpc) is 2.39. The van der Waals surface area contributed by atoms with E-state index in [9.17, 15) is 4.39 Å². The fourth-order valence-electron chi connectivity index (χ4n) is 1.98. The van der Waals surface area contributed by atoms with E-state index < -0.39 is 0 Å². The lowest BCUT2D eigenvalue weighted by molar-refractivity contribution is 0.490. The molecule has 2 rings (SSSR count). The second-order valence-electron chi connectivity index (χ2n) is 4.60. The van der Waals surface area contributed by atoms with Gasteiger partial charge in [0.25, 0.3) is 0 Å². The number of hydrogen-bond donors (Lipinski definition) is 1. The van der Waals surface area contributed by atoms with E-state index in [1.165, 1.54) is 17.8 Å². The largest absolute Gasteiger partial charge is 0.304 e. The van der Waals surface area contributed by atoms with Crippen LogP contribution in [0.3, 0.4) is 0 Å². The van der Waals surface area contributed by atoms with E-state index in [-0.39, 0.29) is 17.9 Å². The molecule has 2 aromatic rings. The highest BCUT2D eigenvalue weighted by atomic mass is 79.9. The molecule has 0 aliphatic rings. The molecule has 4 heteroatoms. The minimum Gasteiger partial charge on any atom is -0.304 e. The Kier molecular flexibility index (Phi) is 4.66. The molecular weight excluding hydrogens is 307 g/mol. The maximum Gasteiger partial charge on any atom is 0.141 e. The number of benzene rings is 1. The van der Waals surface area contributed by atoms with Crippen molar-refractivity contribution in [3.63, 3.8) is 0 Å². The Bertz CT molecular complexity index is 542. The second kappa shape index (κ2) is 6.26. The molecule has 1 aromatic carbocycles. The highest BCUT2D eigenvalue weighted by Crippen LogP contribution is 2.20. The van der Waals surface area contributed by atoms with Gasteiger partial charge in [0.15, 0.2) is 0 Å². The molecule has 1 aromatic heterocycles. The van der Waals surface area contributed by atoms with Gasteiger partial charge in [-0.05, 0) is 43.2 Å². The van der Waals surface area contributed by atoms with E-state index in [2.05, 4.69) is 45.3 Å². The van der Waals surface area contributed by atoms with Crippen LogP contribution >= 0.6 is 15.9 Å². The maximum atomic E-state index is 13.1. The summed E-state index contributed by atoms with van der Waals surface area (Å²) >= 11 is 3.42. The van der Waals surface area contributed by atoms with Gasteiger partial charge in [0.2, 0.25) is 0 Å². The molecule has 1 heterocycles. The topological polar surface area (TPSA) is 24.9 Å². The van der Waals surface area contributed by atoms with Gasteiger partial charge in [-0.1, -0.05) is 28.1 Å². The molecule has 2 atom stereocenters. The van der Waals surface area contributed by atoms with Crippen LogP contribution in [0.4, 0.5) is 4.39 Å². The highest BCUT2D eigenvalue weighted by Gasteiger charge is 2.11. The van der Waals surface area contributed by atoms with Gasteiger partial charge in [-0.2, -0.15) is 0 Å². The van der Waals surface area contributed by atoms with Gasteiger partial charge < -0.3 is 5.32 Å². The van der Waals surface area contributed by atoms with Crippen molar-refractivity contribution in [2.45, 2.75) is 25.9 Å². The molecule has 2 nitrogen and oxygen atoms in total. The normalized spacial score (nSPS) is 14.1. The first-order valence-corrected chi connectivity index (χ1v) is 6.97. The third-order valence-corrected chi connectivity index (χ3v) is 3.62. The van der Waals surface area contributed by atoms with Gasteiger partial charge in [0.05, 0.1) is 6.20 Å². The lowest BCUT2D eigenvalue weighted by atomic mass is 10.1. The van der Waals surface area contributed by atoms with E-state index in [0.717, 1.165) is 10.0 Å². The van der Waals surface area contributed by atoms with Crippen molar-refractivity contribution in [1.29, 1.82) is 0 Å². The zero-order chi connectivity index (χ0) is 13.8. The SMILES string of the molecule is CC(NC(C)c1cncc(F)c1)c1ccc(Br)cc1. The number of pyridine rings is 1. The van der Waals surface area contributed by atoms with Crippen LogP contribution < -0.4 is 5.32 Å². The Morgan fingerprint density at radius 1 is 1.05 bits per heavy atom. The van der Waals surface area contributed by atoms with Crippen molar-refractivity contribution >= 4 is 15.9 Å². The fraction of sp³-hybridized carbons (Fsp3) is 0.267. The molecule has 2 unspecified atom stereocenters. The van der Waals surface area contributed by atoms with Gasteiger partial charge in [-0.15, -0.1) is 0 Å². The number of rotatable bonds is 4. The molecule has 100 valence electrons. The summed E-state index contributed by atoms with van der Waals surface area (Å²) in [6.07, 6.45) is 2.91. The summed E-state index contributed by atoms with van der Waals surface area (Å²) in [5.41, 5.74) is 2.04. The Balaban J connectivity index is 2.06. The predicted molar refractivity (Wildman–Crippen MR) is 78.3 cm³/mol. The summed E-state index contributed by atoms with van der Waals surface area (Å²) in [4.78, 5) is 3.88. The summed E-state index contributed by atoms with van der Waals surface area (Å²) < 4.78 is 14.2. The van der Waals surface area contributed by atoms with Gasteiger partial charge in [0, 0.05) is 22.8 Å². The Hall–Kier alpha value is -1.26. The second-order valence-corrected chi connectivity index (χ2v) is 5.51. The van der Waals surface area contributed by atoms with Crippen LogP contribution in [0.5, 0.6) is 0 Å². The first-order chi connectivity index (χ1) is 9.06. The van der Waals surface area contributed by atoms with Gasteiger partial charge in [-0.3, -0.25) is 4.98 Å². The first kappa shape index (κ1) is 14.2. The highest BCUT2D eigenvalue weighted by molar-refractivity contribution is 9.10. The predicted octanol–water partition coefficient (Wildman–Crippen LogP) is 4.40. The zero-order valence-corrected chi connectivity index (χ0v) is 12.5. The quantitative estimate of drug-likeness (QED) is 0.902. The Morgan fingerprint density at radius 3 is 2.32 bits per heavy atom. The lowest BCUT2D eigenvalue weighted by Gasteiger charge is -2.20. The minimum absolute atomic E-state index is 0.0434. The lowest BCUT2D eigenvalue weighted by Crippen LogP contribution is -2.22. The van der Waals surface area contributed by atoms with E-state index in [0.29, 0.717) is 0 Å². The van der Waals surface area contributed by atoms with Gasteiger partial charge >= 0.3 is 0 Å². The van der Waals surface area contributed by atoms with Crippen molar-refractivity contribution in [1.82, 2.24) is 10.3 Å². The number of halogens is 2. The molecule has 0 saturated carbocycles. The molecule has 0 spiro atoms. The molecule has 0 fully saturated rings. The number of hydrogen-bond acceptors (Lipinski definition) is 2. The third-order valence-electron chi connectivity index (χ3n) is 3.10. The van der Waals surface area contributed by atoms with Crippen LogP contribution in [0, 0.1) is 5.82 Å². The first-order valence-electron chi connectivity index (χ1n) is 6.18. The molecular formula is C15H16BrFN2. The summed E-state index contributed by atoms with van der Waals surface area (Å²) in [6, 6.07) is 9.91. The summed E-state index contributed by atoms with van der Waals surface area (Å²) in [5.74, 6) is -0.303. The van der Waals surface area contributed by atoms with Crippen molar-refractivity contribution in [3.05, 3.63) is 64.1 Å². The van der Waals surface area contributed by atoms with E-state index in [1.54, 1.807) is 6.20 Å². The Morgan fingerprint density at radius 2 is 1.68 bits per heavy atom. The zero-order valence-electron chi connectivity index (χ0n) is 10.9. The van der Waals surface area contributed by atoms with Crippen LogP contribution in [-0.2, 0) is 0 Å². The van der Waals surface area contributed by atoms with Crippen molar-refractivity contribution in [2.24, 2.45) is 0 Å². The molecule has 0 radical (unpaired) electrons. The minimum atomic E-state index is -0.303. The van der Waals surface area contributed by atoms with Crippen molar-refractivity contribution in [3.8, 4) is 0 Å².